The van der Waals surface area contributed by atoms with Gasteiger partial charge in [0.25, 0.3) is 0 Å². The number of benzene rings is 2. The number of nitrogens with zero attached hydrogens (tertiary/aromatic N) is 3. The first-order valence-electron chi connectivity index (χ1n) is 6.82. The molecular formula is C16H14N4O5. The quantitative estimate of drug-likeness (QED) is 0.278. The van der Waals surface area contributed by atoms with Gasteiger partial charge in [0.15, 0.2) is 0 Å². The molecule has 0 aliphatic carbocycles. The molecule has 0 radical (unpaired) electrons. The Morgan fingerprint density at radius 1 is 0.640 bits per heavy atom. The molecule has 0 unspecified atom stereocenters. The topological polar surface area (TPSA) is 162 Å². The van der Waals surface area contributed by atoms with Crippen LogP contribution in [0.2, 0.25) is 0 Å². The molecule has 9 heteroatoms. The summed E-state index contributed by atoms with van der Waals surface area (Å²) in [7, 11) is 0. The Labute approximate surface area is 141 Å². The van der Waals surface area contributed by atoms with E-state index in [9.17, 15) is 10.2 Å². The number of nitrogens with one attached hydrogen (secondary N) is 1. The average molecular weight is 342 g/mol. The van der Waals surface area contributed by atoms with Crippen molar-refractivity contribution in [2.45, 2.75) is 0 Å². The van der Waals surface area contributed by atoms with Crippen LogP contribution in [0.25, 0.3) is 11.1 Å². The van der Waals surface area contributed by atoms with Gasteiger partial charge < -0.3 is 31.2 Å². The van der Waals surface area contributed by atoms with Crippen molar-refractivity contribution in [1.82, 2.24) is 0 Å². The Hall–Kier alpha value is -3.88. The van der Waals surface area contributed by atoms with E-state index < -0.39 is 0 Å². The molecule has 0 aliphatic heterocycles. The summed E-state index contributed by atoms with van der Waals surface area (Å²) in [5.74, 6) is -0.493. The van der Waals surface area contributed by atoms with Crippen LogP contribution in [-0.2, 0) is 0 Å². The number of oxime groups is 3. The van der Waals surface area contributed by atoms with Crippen LogP contribution in [0.5, 0.6) is 11.5 Å². The van der Waals surface area contributed by atoms with E-state index in [0.29, 0.717) is 11.1 Å². The van der Waals surface area contributed by atoms with Crippen molar-refractivity contribution < 1.29 is 25.8 Å². The monoisotopic (exact) mass is 342 g/mol. The number of rotatable bonds is 5. The summed E-state index contributed by atoms with van der Waals surface area (Å²) in [6.07, 6.45) is 3.95. The van der Waals surface area contributed by atoms with Crippen LogP contribution in [0.15, 0.2) is 39.7 Å². The minimum atomic E-state index is -0.262. The van der Waals surface area contributed by atoms with Gasteiger partial charge in [-0.2, -0.15) is 0 Å². The van der Waals surface area contributed by atoms with Gasteiger partial charge >= 0.3 is 0 Å². The summed E-state index contributed by atoms with van der Waals surface area (Å²) >= 11 is 0. The zero-order valence-electron chi connectivity index (χ0n) is 12.7. The average Bonchev–Trinajstić information content (AvgIpc) is 2.60. The molecule has 6 N–H and O–H groups in total. The van der Waals surface area contributed by atoms with Gasteiger partial charge in [0.1, 0.15) is 11.5 Å². The minimum absolute atomic E-state index is 0.150. The number of hydrogen-bond donors (Lipinski definition) is 6. The van der Waals surface area contributed by atoms with Gasteiger partial charge in [-0.3, -0.25) is 0 Å². The van der Waals surface area contributed by atoms with Crippen LogP contribution >= 0.6 is 0 Å². The first kappa shape index (κ1) is 17.5. The van der Waals surface area contributed by atoms with Gasteiger partial charge in [0.05, 0.1) is 18.6 Å². The maximum absolute atomic E-state index is 10.1. The van der Waals surface area contributed by atoms with Gasteiger partial charge in [-0.1, -0.05) is 15.5 Å². The first-order chi connectivity index (χ1) is 12.0. The Morgan fingerprint density at radius 2 is 0.960 bits per heavy atom. The molecule has 9 nitrogen and oxygen atoms in total. The molecule has 128 valence electrons. The van der Waals surface area contributed by atoms with Crippen molar-refractivity contribution in [2.75, 3.05) is 0 Å². The Kier molecular flexibility index (Phi) is 5.31. The van der Waals surface area contributed by atoms with Gasteiger partial charge in [0.2, 0.25) is 0 Å². The van der Waals surface area contributed by atoms with Gasteiger partial charge in [-0.25, -0.2) is 0 Å². The number of phenols is 2. The highest BCUT2D eigenvalue weighted by Gasteiger charge is 2.13. The summed E-state index contributed by atoms with van der Waals surface area (Å²) < 4.78 is 0. The van der Waals surface area contributed by atoms with E-state index in [2.05, 4.69) is 15.5 Å². The molecule has 0 aliphatic rings. The summed E-state index contributed by atoms with van der Waals surface area (Å²) in [6.45, 7) is 0. The van der Waals surface area contributed by atoms with E-state index in [4.69, 9.17) is 21.0 Å². The SMILES string of the molecule is N=Cc1cc(-c2cc(/C=N/O)c(O)c(/C=N/O)c2)cc(/C=N/O)c1O. The number of phenolic OH excluding ortho intramolecular Hbond substituents is 2. The summed E-state index contributed by atoms with van der Waals surface area (Å²) in [5, 5.41) is 62.3. The van der Waals surface area contributed by atoms with Crippen molar-refractivity contribution >= 4 is 24.9 Å². The van der Waals surface area contributed by atoms with Gasteiger partial charge in [-0.15, -0.1) is 0 Å². The second kappa shape index (κ2) is 7.59. The predicted octanol–water partition coefficient (Wildman–Crippen LogP) is 2.19. The van der Waals surface area contributed by atoms with Crippen molar-refractivity contribution in [2.24, 2.45) is 15.5 Å². The number of hydrogen-bond acceptors (Lipinski definition) is 9. The van der Waals surface area contributed by atoms with Crippen molar-refractivity contribution in [1.29, 1.82) is 5.41 Å². The van der Waals surface area contributed by atoms with Crippen molar-refractivity contribution in [3.05, 3.63) is 46.5 Å². The van der Waals surface area contributed by atoms with Crippen LogP contribution in [0.3, 0.4) is 0 Å². The lowest BCUT2D eigenvalue weighted by Crippen LogP contribution is -1.95. The zero-order valence-corrected chi connectivity index (χ0v) is 12.7. The molecule has 2 aromatic rings. The fourth-order valence-electron chi connectivity index (χ4n) is 2.29. The summed E-state index contributed by atoms with van der Waals surface area (Å²) in [5.41, 5.74) is 1.65. The second-order valence-corrected chi connectivity index (χ2v) is 4.88. The van der Waals surface area contributed by atoms with Crippen molar-refractivity contribution in [3.63, 3.8) is 0 Å². The maximum atomic E-state index is 10.1. The third kappa shape index (κ3) is 3.55. The van der Waals surface area contributed by atoms with Crippen LogP contribution in [0.1, 0.15) is 22.3 Å². The lowest BCUT2D eigenvalue weighted by atomic mass is 9.95. The number of aromatic hydroxyl groups is 2. The highest BCUT2D eigenvalue weighted by atomic mass is 16.4. The third-order valence-electron chi connectivity index (χ3n) is 3.42. The maximum Gasteiger partial charge on any atom is 0.133 e. The van der Waals surface area contributed by atoms with Crippen LogP contribution in [-0.4, -0.2) is 50.7 Å². The Balaban J connectivity index is 2.76. The van der Waals surface area contributed by atoms with Crippen molar-refractivity contribution in [3.8, 4) is 22.6 Å². The molecule has 25 heavy (non-hydrogen) atoms. The Morgan fingerprint density at radius 3 is 1.28 bits per heavy atom. The molecule has 0 fully saturated rings. The van der Waals surface area contributed by atoms with Crippen LogP contribution in [0, 0.1) is 5.41 Å². The molecule has 0 aromatic heterocycles. The first-order valence-corrected chi connectivity index (χ1v) is 6.82. The second-order valence-electron chi connectivity index (χ2n) is 4.88. The van der Waals surface area contributed by atoms with Gasteiger partial charge in [-0.05, 0) is 35.4 Å². The molecule has 2 aromatic carbocycles. The highest BCUT2D eigenvalue weighted by Crippen LogP contribution is 2.32. The summed E-state index contributed by atoms with van der Waals surface area (Å²) in [4.78, 5) is 0. The molecule has 2 rings (SSSR count). The Bertz CT molecular complexity index is 857. The van der Waals surface area contributed by atoms with E-state index in [1.165, 1.54) is 24.3 Å². The molecule has 0 spiro atoms. The van der Waals surface area contributed by atoms with E-state index in [1.807, 2.05) is 0 Å². The highest BCUT2D eigenvalue weighted by molar-refractivity contribution is 5.97. The lowest BCUT2D eigenvalue weighted by molar-refractivity contribution is 0.321. The molecule has 0 heterocycles. The van der Waals surface area contributed by atoms with E-state index in [0.717, 1.165) is 24.9 Å². The molecular weight excluding hydrogens is 328 g/mol. The molecule has 0 saturated carbocycles. The van der Waals surface area contributed by atoms with E-state index >= 15 is 0 Å². The standard InChI is InChI=1S/C16H14N4O5/c17-5-11-1-9(2-12(6-18-23)15(11)21)10-3-13(7-19-24)16(22)14(4-10)8-20-25/h1-8,17,21-25H/b17-5?,18-6+,19-7+,20-8+. The predicted molar refractivity (Wildman–Crippen MR) is 91.2 cm³/mol. The molecule has 0 saturated heterocycles. The van der Waals surface area contributed by atoms with Gasteiger partial charge in [0, 0.05) is 28.5 Å². The largest absolute Gasteiger partial charge is 0.507 e. The minimum Gasteiger partial charge on any atom is -0.507 e. The third-order valence-corrected chi connectivity index (χ3v) is 3.42. The van der Waals surface area contributed by atoms with Crippen LogP contribution in [0.4, 0.5) is 0 Å². The fourth-order valence-corrected chi connectivity index (χ4v) is 2.29. The molecule has 0 atom stereocenters. The fraction of sp³-hybridized carbons (Fsp3) is 0. The normalized spacial score (nSPS) is 11.7. The van der Waals surface area contributed by atoms with E-state index in [-0.39, 0.29) is 33.8 Å². The summed E-state index contributed by atoms with van der Waals surface area (Å²) in [6, 6.07) is 5.98. The smallest absolute Gasteiger partial charge is 0.133 e. The van der Waals surface area contributed by atoms with E-state index in [1.54, 1.807) is 0 Å². The zero-order chi connectivity index (χ0) is 18.4. The van der Waals surface area contributed by atoms with Crippen LogP contribution < -0.4 is 0 Å². The molecule has 0 bridgehead atoms. The lowest BCUT2D eigenvalue weighted by Gasteiger charge is -2.11. The molecule has 0 amide bonds.